The van der Waals surface area contributed by atoms with E-state index in [4.69, 9.17) is 4.74 Å². The van der Waals surface area contributed by atoms with Crippen molar-refractivity contribution in [3.8, 4) is 0 Å². The normalized spacial score (nSPS) is 18.2. The summed E-state index contributed by atoms with van der Waals surface area (Å²) in [6.45, 7) is -0.100. The summed E-state index contributed by atoms with van der Waals surface area (Å²) in [6, 6.07) is 17.5. The second-order valence-corrected chi connectivity index (χ2v) is 5.39. The van der Waals surface area contributed by atoms with Gasteiger partial charge in [-0.3, -0.25) is 4.79 Å². The molecule has 23 heavy (non-hydrogen) atoms. The lowest BCUT2D eigenvalue weighted by Gasteiger charge is -2.39. The fraction of sp³-hybridized carbons (Fsp3) is 0.222. The minimum absolute atomic E-state index is 0.00274. The third kappa shape index (κ3) is 3.10. The van der Waals surface area contributed by atoms with Crippen LogP contribution in [0.25, 0.3) is 0 Å². The molecule has 0 bridgehead atoms. The van der Waals surface area contributed by atoms with Crippen LogP contribution in [0, 0.1) is 0 Å². The summed E-state index contributed by atoms with van der Waals surface area (Å²) in [7, 11) is 0. The molecule has 1 atom stereocenters. The Morgan fingerprint density at radius 2 is 1.57 bits per heavy atom. The van der Waals surface area contributed by atoms with E-state index in [2.05, 4.69) is 0 Å². The van der Waals surface area contributed by atoms with Gasteiger partial charge in [-0.1, -0.05) is 60.7 Å². The van der Waals surface area contributed by atoms with Crippen molar-refractivity contribution in [3.05, 3.63) is 71.8 Å². The number of benzene rings is 2. The molecule has 1 amide bonds. The number of nitrogens with zero attached hydrogens (tertiary/aromatic N) is 1. The van der Waals surface area contributed by atoms with E-state index in [1.165, 1.54) is 4.90 Å². The summed E-state index contributed by atoms with van der Waals surface area (Å²) in [5, 5.41) is 9.50. The number of aliphatic carboxylic acids is 1. The van der Waals surface area contributed by atoms with E-state index in [-0.39, 0.29) is 19.1 Å². The van der Waals surface area contributed by atoms with Crippen LogP contribution in [0.3, 0.4) is 0 Å². The second-order valence-electron chi connectivity index (χ2n) is 5.39. The Bertz CT molecular complexity index is 647. The number of carboxylic acids is 1. The molecule has 118 valence electrons. The molecule has 3 rings (SSSR count). The van der Waals surface area contributed by atoms with Crippen LogP contribution in [0.2, 0.25) is 0 Å². The third-order valence-corrected chi connectivity index (χ3v) is 3.92. The van der Waals surface area contributed by atoms with Crippen molar-refractivity contribution in [1.29, 1.82) is 0 Å². The number of rotatable bonds is 4. The smallest absolute Gasteiger partial charge is 0.328 e. The molecule has 5 nitrogen and oxygen atoms in total. The third-order valence-electron chi connectivity index (χ3n) is 3.92. The quantitative estimate of drug-likeness (QED) is 0.939. The van der Waals surface area contributed by atoms with E-state index in [0.717, 1.165) is 11.1 Å². The maximum atomic E-state index is 12.4. The summed E-state index contributed by atoms with van der Waals surface area (Å²) >= 11 is 0. The first-order valence-corrected chi connectivity index (χ1v) is 7.40. The predicted molar refractivity (Wildman–Crippen MR) is 83.8 cm³/mol. The first kappa shape index (κ1) is 15.2. The van der Waals surface area contributed by atoms with Crippen LogP contribution < -0.4 is 0 Å². The van der Waals surface area contributed by atoms with Crippen molar-refractivity contribution in [2.24, 2.45) is 0 Å². The van der Waals surface area contributed by atoms with Crippen LogP contribution in [0.1, 0.15) is 17.2 Å². The molecule has 0 aromatic heterocycles. The molecule has 1 fully saturated rings. The van der Waals surface area contributed by atoms with E-state index in [0.29, 0.717) is 0 Å². The Morgan fingerprint density at radius 3 is 2.04 bits per heavy atom. The van der Waals surface area contributed by atoms with Crippen LogP contribution >= 0.6 is 0 Å². The largest absolute Gasteiger partial charge is 0.480 e. The van der Waals surface area contributed by atoms with Gasteiger partial charge in [0.05, 0.1) is 12.6 Å². The highest BCUT2D eigenvalue weighted by Gasteiger charge is 2.39. The van der Waals surface area contributed by atoms with Crippen molar-refractivity contribution in [1.82, 2.24) is 4.90 Å². The molecular weight excluding hydrogens is 294 g/mol. The number of amides is 1. The van der Waals surface area contributed by atoms with Gasteiger partial charge in [0.25, 0.3) is 0 Å². The van der Waals surface area contributed by atoms with Gasteiger partial charge in [0.15, 0.2) is 6.04 Å². The lowest BCUT2D eigenvalue weighted by Crippen LogP contribution is -2.54. The number of carbonyl (C=O) groups excluding carboxylic acids is 1. The van der Waals surface area contributed by atoms with Gasteiger partial charge in [0.2, 0.25) is 5.91 Å². The Morgan fingerprint density at radius 1 is 1.04 bits per heavy atom. The summed E-state index contributed by atoms with van der Waals surface area (Å²) < 4.78 is 5.14. The van der Waals surface area contributed by atoms with Crippen LogP contribution in [-0.2, 0) is 14.3 Å². The van der Waals surface area contributed by atoms with Gasteiger partial charge in [-0.2, -0.15) is 0 Å². The van der Waals surface area contributed by atoms with E-state index >= 15 is 0 Å². The minimum Gasteiger partial charge on any atom is -0.480 e. The molecule has 2 aromatic carbocycles. The molecular formula is C18H17NO4. The molecule has 1 aliphatic heterocycles. The number of hydrogen-bond acceptors (Lipinski definition) is 3. The van der Waals surface area contributed by atoms with Gasteiger partial charge in [0, 0.05) is 0 Å². The molecule has 1 aliphatic rings. The molecule has 0 unspecified atom stereocenters. The van der Waals surface area contributed by atoms with Crippen LogP contribution in [0.15, 0.2) is 60.7 Å². The molecule has 0 aliphatic carbocycles. The predicted octanol–water partition coefficient (Wildman–Crippen LogP) is 2.09. The van der Waals surface area contributed by atoms with Crippen molar-refractivity contribution in [2.45, 2.75) is 12.1 Å². The van der Waals surface area contributed by atoms with E-state index < -0.39 is 18.1 Å². The average Bonchev–Trinajstić information content (AvgIpc) is 2.58. The highest BCUT2D eigenvalue weighted by Crippen LogP contribution is 2.32. The summed E-state index contributed by atoms with van der Waals surface area (Å²) in [5.41, 5.74) is 1.75. The second kappa shape index (κ2) is 6.62. The van der Waals surface area contributed by atoms with E-state index in [1.807, 2.05) is 60.7 Å². The highest BCUT2D eigenvalue weighted by molar-refractivity contribution is 5.86. The zero-order valence-electron chi connectivity index (χ0n) is 12.5. The lowest BCUT2D eigenvalue weighted by atomic mass is 9.95. The Hall–Kier alpha value is -2.66. The molecule has 2 aromatic rings. The van der Waals surface area contributed by atoms with E-state index in [1.54, 1.807) is 0 Å². The first-order chi connectivity index (χ1) is 11.2. The maximum absolute atomic E-state index is 12.4. The van der Waals surface area contributed by atoms with Gasteiger partial charge in [-0.05, 0) is 11.1 Å². The monoisotopic (exact) mass is 311 g/mol. The van der Waals surface area contributed by atoms with Gasteiger partial charge in [-0.15, -0.1) is 0 Å². The molecule has 1 heterocycles. The first-order valence-electron chi connectivity index (χ1n) is 7.40. The number of morpholine rings is 1. The SMILES string of the molecule is O=C(O)[C@H]1COCC(=O)N1C(c1ccccc1)c1ccccc1. The van der Waals surface area contributed by atoms with Crippen molar-refractivity contribution in [2.75, 3.05) is 13.2 Å². The van der Waals surface area contributed by atoms with E-state index in [9.17, 15) is 14.7 Å². The van der Waals surface area contributed by atoms with Crippen LogP contribution in [-0.4, -0.2) is 41.1 Å². The molecule has 0 saturated carbocycles. The fourth-order valence-corrected chi connectivity index (χ4v) is 2.89. The lowest BCUT2D eigenvalue weighted by molar-refractivity contribution is -0.165. The molecule has 1 N–H and O–H groups in total. The number of hydrogen-bond donors (Lipinski definition) is 1. The summed E-state index contributed by atoms with van der Waals surface area (Å²) in [5.74, 6) is -1.38. The Balaban J connectivity index is 2.10. The molecule has 1 saturated heterocycles. The Labute approximate surface area is 134 Å². The number of ether oxygens (including phenoxy) is 1. The maximum Gasteiger partial charge on any atom is 0.328 e. The fourth-order valence-electron chi connectivity index (χ4n) is 2.89. The topological polar surface area (TPSA) is 66.8 Å². The molecule has 0 spiro atoms. The van der Waals surface area contributed by atoms with Gasteiger partial charge in [0.1, 0.15) is 6.61 Å². The van der Waals surface area contributed by atoms with Crippen molar-refractivity contribution < 1.29 is 19.4 Å². The van der Waals surface area contributed by atoms with Gasteiger partial charge in [-0.25, -0.2) is 4.79 Å². The van der Waals surface area contributed by atoms with Gasteiger partial charge >= 0.3 is 5.97 Å². The van der Waals surface area contributed by atoms with Crippen LogP contribution in [0.5, 0.6) is 0 Å². The van der Waals surface area contributed by atoms with Crippen molar-refractivity contribution >= 4 is 11.9 Å². The zero-order valence-corrected chi connectivity index (χ0v) is 12.5. The van der Waals surface area contributed by atoms with Crippen LogP contribution in [0.4, 0.5) is 0 Å². The Kier molecular flexibility index (Phi) is 4.39. The summed E-state index contributed by atoms with van der Waals surface area (Å²) in [4.78, 5) is 25.5. The zero-order chi connectivity index (χ0) is 16.2. The molecule has 0 radical (unpaired) electrons. The summed E-state index contributed by atoms with van der Waals surface area (Å²) in [6.07, 6.45) is 0. The van der Waals surface area contributed by atoms with Crippen molar-refractivity contribution in [3.63, 3.8) is 0 Å². The van der Waals surface area contributed by atoms with Gasteiger partial charge < -0.3 is 14.7 Å². The minimum atomic E-state index is -1.06. The highest BCUT2D eigenvalue weighted by atomic mass is 16.5. The molecule has 5 heteroatoms. The standard InChI is InChI=1S/C18H17NO4/c20-16-12-23-11-15(18(21)22)19(16)17(13-7-3-1-4-8-13)14-9-5-2-6-10-14/h1-10,15,17H,11-12H2,(H,21,22)/t15-/m1/s1. The number of carboxylic acid groups (broad SMARTS) is 1. The average molecular weight is 311 g/mol. The number of carbonyl (C=O) groups is 2.